The van der Waals surface area contributed by atoms with Crippen LogP contribution in [-0.2, 0) is 17.1 Å². The predicted octanol–water partition coefficient (Wildman–Crippen LogP) is 4.42. The first-order chi connectivity index (χ1) is 18.8. The quantitative estimate of drug-likeness (QED) is 0.292. The first-order valence-electron chi connectivity index (χ1n) is 11.1. The van der Waals surface area contributed by atoms with Crippen LogP contribution in [0, 0.1) is 5.82 Å². The Morgan fingerprint density at radius 2 is 1.57 bits per heavy atom. The number of carbonyl (C=O) groups excluding carboxylic acids is 1. The van der Waals surface area contributed by atoms with E-state index in [0.29, 0.717) is 12.1 Å². The van der Waals surface area contributed by atoms with E-state index in [0.717, 1.165) is 23.0 Å². The van der Waals surface area contributed by atoms with Gasteiger partial charge in [0, 0.05) is 11.8 Å². The minimum absolute atomic E-state index is 0.00417. The van der Waals surface area contributed by atoms with Gasteiger partial charge in [-0.05, 0) is 36.4 Å². The number of nitrogens with zero attached hydrogens (tertiary/aromatic N) is 6. The third-order valence-corrected chi connectivity index (χ3v) is 5.78. The summed E-state index contributed by atoms with van der Waals surface area (Å²) in [7, 11) is 0. The monoisotopic (exact) mass is 561 g/mol. The number of carbonyl (C=O) groups is 1. The first kappa shape index (κ1) is 26.6. The number of benzene rings is 2. The van der Waals surface area contributed by atoms with Crippen LogP contribution < -0.4 is 5.11 Å². The summed E-state index contributed by atoms with van der Waals surface area (Å²) in [6.07, 6.45) is -7.86. The van der Waals surface area contributed by atoms with Gasteiger partial charge in [-0.1, -0.05) is 18.2 Å². The smallest absolute Gasteiger partial charge is 0.417 e. The Morgan fingerprint density at radius 3 is 2.20 bits per heavy atom. The summed E-state index contributed by atoms with van der Waals surface area (Å²) in [6, 6.07) is 7.09. The molecule has 1 atom stereocenters. The van der Waals surface area contributed by atoms with Crippen LogP contribution >= 0.6 is 0 Å². The van der Waals surface area contributed by atoms with E-state index in [1.54, 1.807) is 6.07 Å². The molecule has 2 aliphatic rings. The van der Waals surface area contributed by atoms with E-state index in [1.807, 2.05) is 0 Å². The lowest BCUT2D eigenvalue weighted by molar-refractivity contribution is -0.309. The summed E-state index contributed by atoms with van der Waals surface area (Å²) in [5.74, 6) is -2.19. The van der Waals surface area contributed by atoms with Gasteiger partial charge >= 0.3 is 12.4 Å². The van der Waals surface area contributed by atoms with Gasteiger partial charge in [-0.15, -0.1) is 0 Å². The standard InChI is InChI=1S/C25H13F7N6O2/c26-16-4-2-1-3-14(16)21-34-19-10-38(11-33-22(19)35-21)20(23(39)40)18-8-7-17(36-37-18)13-6-5-12(24(27,28)29)9-15(13)25(30,31)32/h1-11,20H,(H,39,40)/p-1. The van der Waals surface area contributed by atoms with E-state index in [4.69, 9.17) is 0 Å². The van der Waals surface area contributed by atoms with E-state index in [-0.39, 0.29) is 34.7 Å². The second-order valence-electron chi connectivity index (χ2n) is 8.38. The van der Waals surface area contributed by atoms with Crippen LogP contribution in [0.3, 0.4) is 0 Å². The molecule has 0 saturated carbocycles. The third kappa shape index (κ3) is 5.04. The van der Waals surface area contributed by atoms with Gasteiger partial charge in [0.05, 0.1) is 40.4 Å². The molecule has 0 radical (unpaired) electrons. The highest BCUT2D eigenvalue weighted by Crippen LogP contribution is 2.40. The normalized spacial score (nSPS) is 13.0. The molecule has 0 aliphatic carbocycles. The molecule has 2 aliphatic heterocycles. The Balaban J connectivity index is 1.51. The number of rotatable bonds is 5. The van der Waals surface area contributed by atoms with Crippen molar-refractivity contribution < 1.29 is 40.6 Å². The van der Waals surface area contributed by atoms with Crippen molar-refractivity contribution >= 4 is 5.97 Å². The molecule has 15 heteroatoms. The minimum atomic E-state index is -5.15. The number of carboxylic acid groups (broad SMARTS) is 1. The molecule has 0 bridgehead atoms. The van der Waals surface area contributed by atoms with Gasteiger partial charge in [0.1, 0.15) is 17.6 Å². The zero-order valence-corrected chi connectivity index (χ0v) is 19.6. The topological polar surface area (TPSA) is 110 Å². The van der Waals surface area contributed by atoms with Crippen LogP contribution in [0.5, 0.6) is 0 Å². The number of aromatic nitrogens is 6. The lowest BCUT2D eigenvalue weighted by Gasteiger charge is -2.21. The highest BCUT2D eigenvalue weighted by Gasteiger charge is 2.38. The molecule has 0 saturated heterocycles. The minimum Gasteiger partial charge on any atom is -0.547 e. The van der Waals surface area contributed by atoms with Gasteiger partial charge in [0.2, 0.25) is 0 Å². The number of hydrogen-bond donors (Lipinski definition) is 0. The number of carboxylic acids is 1. The fraction of sp³-hybridized carbons (Fsp3) is 0.120. The van der Waals surface area contributed by atoms with Gasteiger partial charge in [0.25, 0.3) is 0 Å². The molecule has 3 aromatic rings. The predicted molar refractivity (Wildman–Crippen MR) is 120 cm³/mol. The molecule has 2 aromatic carbocycles. The average molecular weight is 561 g/mol. The van der Waals surface area contributed by atoms with Crippen molar-refractivity contribution in [1.29, 1.82) is 0 Å². The van der Waals surface area contributed by atoms with Gasteiger partial charge in [-0.25, -0.2) is 19.3 Å². The molecule has 0 spiro atoms. The summed E-state index contributed by atoms with van der Waals surface area (Å²) in [6.45, 7) is 0. The summed E-state index contributed by atoms with van der Waals surface area (Å²) in [5, 5.41) is 19.3. The molecule has 0 amide bonds. The summed E-state index contributed by atoms with van der Waals surface area (Å²) in [4.78, 5) is 24.3. The molecule has 40 heavy (non-hydrogen) atoms. The van der Waals surface area contributed by atoms with E-state index in [9.17, 15) is 40.6 Å². The molecular formula is C25H12F7N6O2-. The van der Waals surface area contributed by atoms with Crippen molar-refractivity contribution in [3.63, 3.8) is 0 Å². The van der Waals surface area contributed by atoms with Crippen molar-refractivity contribution in [2.75, 3.05) is 0 Å². The number of fused-ring (bicyclic) bond motifs is 1. The van der Waals surface area contributed by atoms with Gasteiger partial charge in [-0.2, -0.15) is 36.5 Å². The van der Waals surface area contributed by atoms with Crippen molar-refractivity contribution in [2.45, 2.75) is 18.4 Å². The molecule has 204 valence electrons. The number of aliphatic carboxylic acids is 1. The molecule has 0 N–H and O–H groups in total. The maximum absolute atomic E-state index is 14.1. The fourth-order valence-corrected chi connectivity index (χ4v) is 3.93. The molecule has 0 fully saturated rings. The van der Waals surface area contributed by atoms with Crippen molar-refractivity contribution in [3.8, 4) is 34.2 Å². The molecular weight excluding hydrogens is 549 g/mol. The highest BCUT2D eigenvalue weighted by atomic mass is 19.4. The Bertz CT molecular complexity index is 1680. The van der Waals surface area contributed by atoms with Crippen LogP contribution in [0.1, 0.15) is 22.9 Å². The molecule has 5 rings (SSSR count). The lowest BCUT2D eigenvalue weighted by atomic mass is 10.00. The summed E-state index contributed by atoms with van der Waals surface area (Å²) >= 11 is 0. The maximum Gasteiger partial charge on any atom is 0.417 e. The van der Waals surface area contributed by atoms with E-state index >= 15 is 0 Å². The van der Waals surface area contributed by atoms with Crippen molar-refractivity contribution in [2.24, 2.45) is 0 Å². The number of alkyl halides is 6. The fourth-order valence-electron chi connectivity index (χ4n) is 3.93. The van der Waals surface area contributed by atoms with Crippen LogP contribution in [0.25, 0.3) is 34.2 Å². The second kappa shape index (κ2) is 9.66. The van der Waals surface area contributed by atoms with Crippen LogP contribution in [0.4, 0.5) is 30.7 Å². The molecule has 3 heterocycles. The van der Waals surface area contributed by atoms with Gasteiger partial charge < -0.3 is 14.5 Å². The van der Waals surface area contributed by atoms with Gasteiger partial charge in [-0.3, -0.25) is 0 Å². The van der Waals surface area contributed by atoms with Crippen LogP contribution in [0.2, 0.25) is 0 Å². The van der Waals surface area contributed by atoms with E-state index in [2.05, 4.69) is 25.1 Å². The average Bonchev–Trinajstić information content (AvgIpc) is 3.31. The zero-order valence-electron chi connectivity index (χ0n) is 19.6. The molecule has 8 nitrogen and oxygen atoms in total. The largest absolute Gasteiger partial charge is 0.547 e. The van der Waals surface area contributed by atoms with Crippen molar-refractivity contribution in [1.82, 2.24) is 29.7 Å². The summed E-state index contributed by atoms with van der Waals surface area (Å²) < 4.78 is 94.8. The first-order valence-corrected chi connectivity index (χ1v) is 11.1. The highest BCUT2D eigenvalue weighted by molar-refractivity contribution is 5.74. The number of hydrogen-bond acceptors (Lipinski definition) is 7. The Labute approximate surface area is 219 Å². The van der Waals surface area contributed by atoms with E-state index < -0.39 is 52.6 Å². The maximum atomic E-state index is 14.1. The Kier molecular flexibility index (Phi) is 6.44. The zero-order chi connectivity index (χ0) is 28.8. The molecule has 1 unspecified atom stereocenters. The Hall–Kier alpha value is -4.95. The second-order valence-corrected chi connectivity index (χ2v) is 8.38. The SMILES string of the molecule is O=C([O-])C(c1ccc(-c2ccc(C(F)(F)F)cc2C(F)(F)F)nn1)n1cnc2nc(-c3ccccc3F)nc-2c1. The third-order valence-electron chi connectivity index (χ3n) is 5.78. The number of imidazole rings is 1. The Morgan fingerprint density at radius 1 is 0.825 bits per heavy atom. The van der Waals surface area contributed by atoms with Crippen LogP contribution in [0.15, 0.2) is 67.1 Å². The van der Waals surface area contributed by atoms with Crippen LogP contribution in [-0.4, -0.2) is 35.7 Å². The lowest BCUT2D eigenvalue weighted by Crippen LogP contribution is -2.35. The summed E-state index contributed by atoms with van der Waals surface area (Å²) in [5.41, 5.74) is -4.33. The van der Waals surface area contributed by atoms with Crippen molar-refractivity contribution in [3.05, 3.63) is 89.8 Å². The molecule has 1 aromatic heterocycles. The number of halogens is 7. The van der Waals surface area contributed by atoms with Gasteiger partial charge in [0.15, 0.2) is 11.6 Å². The van der Waals surface area contributed by atoms with E-state index in [1.165, 1.54) is 24.4 Å².